The zero-order chi connectivity index (χ0) is 19.4. The van der Waals surface area contributed by atoms with E-state index in [1.54, 1.807) is 0 Å². The van der Waals surface area contributed by atoms with Crippen molar-refractivity contribution in [3.63, 3.8) is 0 Å². The molecule has 0 unspecified atom stereocenters. The molecule has 8 nitrogen and oxygen atoms in total. The fraction of sp³-hybridized carbons (Fsp3) is 0.474. The number of carbonyl (C=O) groups excluding carboxylic acids is 1. The van der Waals surface area contributed by atoms with E-state index in [0.717, 1.165) is 29.7 Å². The number of hydrogen-bond acceptors (Lipinski definition) is 6. The van der Waals surface area contributed by atoms with Gasteiger partial charge in [-0.25, -0.2) is 4.98 Å². The van der Waals surface area contributed by atoms with Crippen LogP contribution in [0.15, 0.2) is 24.3 Å². The Bertz CT molecular complexity index is 936. The second-order valence-corrected chi connectivity index (χ2v) is 6.97. The summed E-state index contributed by atoms with van der Waals surface area (Å²) in [5, 5.41) is 24.2. The van der Waals surface area contributed by atoms with Gasteiger partial charge in [-0.3, -0.25) is 9.20 Å². The van der Waals surface area contributed by atoms with Crippen molar-refractivity contribution in [2.75, 3.05) is 18.4 Å². The molecular formula is C19H26N6O2. The Kier molecular flexibility index (Phi) is 5.85. The highest BCUT2D eigenvalue weighted by Gasteiger charge is 2.17. The highest BCUT2D eigenvalue weighted by molar-refractivity contribution is 5.83. The van der Waals surface area contributed by atoms with Crippen molar-refractivity contribution in [2.24, 2.45) is 5.92 Å². The molecule has 0 bridgehead atoms. The number of hydrogen-bond donors (Lipinski definition) is 3. The first-order chi connectivity index (χ1) is 13.0. The second-order valence-electron chi connectivity index (χ2n) is 6.97. The molecular weight excluding hydrogens is 344 g/mol. The Morgan fingerprint density at radius 1 is 1.19 bits per heavy atom. The Morgan fingerprint density at radius 3 is 2.70 bits per heavy atom. The van der Waals surface area contributed by atoms with Crippen LogP contribution >= 0.6 is 0 Å². The summed E-state index contributed by atoms with van der Waals surface area (Å²) in [5.74, 6) is 1.13. The molecule has 0 fully saturated rings. The topological polar surface area (TPSA) is 104 Å². The van der Waals surface area contributed by atoms with Crippen molar-refractivity contribution < 1.29 is 9.90 Å². The number of unbranched alkanes of at least 4 members (excludes halogenated alkanes) is 1. The number of nitrogens with one attached hydrogen (secondary N) is 2. The molecule has 0 aliphatic carbocycles. The Hall–Kier alpha value is -2.74. The van der Waals surface area contributed by atoms with E-state index < -0.39 is 6.10 Å². The third kappa shape index (κ3) is 4.16. The van der Waals surface area contributed by atoms with Gasteiger partial charge in [0.1, 0.15) is 11.9 Å². The minimum Gasteiger partial charge on any atom is -0.383 e. The number of para-hydroxylation sites is 2. The molecule has 144 valence electrons. The molecule has 0 aliphatic heterocycles. The van der Waals surface area contributed by atoms with E-state index in [4.69, 9.17) is 0 Å². The lowest BCUT2D eigenvalue weighted by molar-refractivity contribution is -0.131. The molecule has 2 aromatic heterocycles. The molecule has 3 N–H and O–H groups in total. The summed E-state index contributed by atoms with van der Waals surface area (Å²) in [6, 6.07) is 7.90. The smallest absolute Gasteiger partial charge is 0.249 e. The van der Waals surface area contributed by atoms with Gasteiger partial charge in [0.2, 0.25) is 11.6 Å². The van der Waals surface area contributed by atoms with E-state index in [9.17, 15) is 9.90 Å². The molecule has 0 spiro atoms. The molecule has 0 aliphatic rings. The Labute approximate surface area is 158 Å². The van der Waals surface area contributed by atoms with Crippen molar-refractivity contribution in [1.29, 1.82) is 0 Å². The van der Waals surface area contributed by atoms with E-state index in [0.29, 0.717) is 24.6 Å². The lowest BCUT2D eigenvalue weighted by atomic mass is 10.1. The van der Waals surface area contributed by atoms with Gasteiger partial charge in [-0.2, -0.15) is 0 Å². The van der Waals surface area contributed by atoms with E-state index in [-0.39, 0.29) is 11.8 Å². The molecule has 27 heavy (non-hydrogen) atoms. The minimum absolute atomic E-state index is 0.0836. The van der Waals surface area contributed by atoms with Crippen molar-refractivity contribution >= 4 is 28.4 Å². The van der Waals surface area contributed by atoms with E-state index in [1.807, 2.05) is 49.4 Å². The summed E-state index contributed by atoms with van der Waals surface area (Å²) in [6.07, 6.45) is 0.708. The molecule has 1 amide bonds. The second kappa shape index (κ2) is 8.30. The number of rotatable bonds is 8. The summed E-state index contributed by atoms with van der Waals surface area (Å²) in [5.41, 5.74) is 2.57. The molecule has 1 atom stereocenters. The van der Waals surface area contributed by atoms with Crippen LogP contribution in [0.3, 0.4) is 0 Å². The van der Waals surface area contributed by atoms with Gasteiger partial charge in [-0.15, -0.1) is 10.2 Å². The van der Waals surface area contributed by atoms with Crippen LogP contribution in [-0.4, -0.2) is 49.8 Å². The summed E-state index contributed by atoms with van der Waals surface area (Å²) < 4.78 is 2.00. The van der Waals surface area contributed by atoms with Crippen LogP contribution in [0.25, 0.3) is 16.7 Å². The maximum absolute atomic E-state index is 11.7. The van der Waals surface area contributed by atoms with Crippen molar-refractivity contribution in [3.05, 3.63) is 30.1 Å². The molecule has 0 saturated heterocycles. The van der Waals surface area contributed by atoms with Crippen LogP contribution in [0.2, 0.25) is 0 Å². The predicted molar refractivity (Wildman–Crippen MR) is 105 cm³/mol. The van der Waals surface area contributed by atoms with Gasteiger partial charge in [0.05, 0.1) is 11.0 Å². The van der Waals surface area contributed by atoms with Crippen LogP contribution in [0, 0.1) is 12.8 Å². The maximum atomic E-state index is 11.7. The van der Waals surface area contributed by atoms with Crippen molar-refractivity contribution in [1.82, 2.24) is 24.9 Å². The number of amides is 1. The fourth-order valence-electron chi connectivity index (χ4n) is 2.92. The standard InChI is InChI=1S/C19H26N6O2/c1-12(2)16(26)19(27)21-11-7-6-10-20-17-18-24-23-13(3)25(18)15-9-5-4-8-14(15)22-17/h4-5,8-9,12,16,26H,6-7,10-11H2,1-3H3,(H,20,22)(H,21,27)/t16-/m0/s1. The fourth-order valence-corrected chi connectivity index (χ4v) is 2.92. The number of aryl methyl sites for hydroxylation is 1. The summed E-state index contributed by atoms with van der Waals surface area (Å²) in [7, 11) is 0. The molecule has 0 radical (unpaired) electrons. The predicted octanol–water partition coefficient (Wildman–Crippen LogP) is 1.91. The first kappa shape index (κ1) is 19.0. The minimum atomic E-state index is -0.950. The van der Waals surface area contributed by atoms with Gasteiger partial charge in [0, 0.05) is 13.1 Å². The van der Waals surface area contributed by atoms with Crippen molar-refractivity contribution in [3.8, 4) is 0 Å². The third-order valence-electron chi connectivity index (χ3n) is 4.49. The average Bonchev–Trinajstić information content (AvgIpc) is 3.05. The molecule has 3 aromatic rings. The Morgan fingerprint density at radius 2 is 1.93 bits per heavy atom. The molecule has 8 heteroatoms. The first-order valence-corrected chi connectivity index (χ1v) is 9.29. The number of fused-ring (bicyclic) bond motifs is 3. The lowest BCUT2D eigenvalue weighted by Gasteiger charge is -2.14. The molecule has 0 saturated carbocycles. The monoisotopic (exact) mass is 370 g/mol. The number of anilines is 1. The molecule has 3 rings (SSSR count). The number of nitrogens with zero attached hydrogens (tertiary/aromatic N) is 4. The van der Waals surface area contributed by atoms with Crippen molar-refractivity contribution in [2.45, 2.75) is 39.7 Å². The number of aromatic nitrogens is 4. The van der Waals surface area contributed by atoms with Crippen LogP contribution < -0.4 is 10.6 Å². The van der Waals surface area contributed by atoms with Gasteiger partial charge >= 0.3 is 0 Å². The highest BCUT2D eigenvalue weighted by Crippen LogP contribution is 2.21. The van der Waals surface area contributed by atoms with E-state index in [2.05, 4.69) is 25.8 Å². The first-order valence-electron chi connectivity index (χ1n) is 9.29. The van der Waals surface area contributed by atoms with Gasteiger partial charge in [-0.05, 0) is 37.8 Å². The van der Waals surface area contributed by atoms with Crippen LogP contribution in [0.4, 0.5) is 5.82 Å². The van der Waals surface area contributed by atoms with Gasteiger partial charge < -0.3 is 15.7 Å². The molecule has 1 aromatic carbocycles. The number of benzene rings is 1. The van der Waals surface area contributed by atoms with Gasteiger partial charge in [0.15, 0.2) is 5.82 Å². The number of carbonyl (C=O) groups is 1. The number of aliphatic hydroxyl groups excluding tert-OH is 1. The SMILES string of the molecule is Cc1nnc2c(NCCCCNC(=O)[C@@H](O)C(C)C)nc3ccccc3n12. The largest absolute Gasteiger partial charge is 0.383 e. The maximum Gasteiger partial charge on any atom is 0.249 e. The molecule has 2 heterocycles. The van der Waals surface area contributed by atoms with Gasteiger partial charge in [0.25, 0.3) is 0 Å². The van der Waals surface area contributed by atoms with Crippen LogP contribution in [0.1, 0.15) is 32.5 Å². The number of aliphatic hydroxyl groups is 1. The summed E-state index contributed by atoms with van der Waals surface area (Å²) >= 11 is 0. The summed E-state index contributed by atoms with van der Waals surface area (Å²) in [6.45, 7) is 6.80. The zero-order valence-corrected chi connectivity index (χ0v) is 15.9. The Balaban J connectivity index is 1.57. The van der Waals surface area contributed by atoms with E-state index in [1.165, 1.54) is 0 Å². The zero-order valence-electron chi connectivity index (χ0n) is 15.9. The third-order valence-corrected chi connectivity index (χ3v) is 4.49. The highest BCUT2D eigenvalue weighted by atomic mass is 16.3. The normalized spacial score (nSPS) is 12.6. The quantitative estimate of drug-likeness (QED) is 0.523. The lowest BCUT2D eigenvalue weighted by Crippen LogP contribution is -2.38. The average molecular weight is 370 g/mol. The van der Waals surface area contributed by atoms with Crippen LogP contribution in [-0.2, 0) is 4.79 Å². The van der Waals surface area contributed by atoms with E-state index >= 15 is 0 Å². The van der Waals surface area contributed by atoms with Crippen LogP contribution in [0.5, 0.6) is 0 Å². The summed E-state index contributed by atoms with van der Waals surface area (Å²) in [4.78, 5) is 16.4. The van der Waals surface area contributed by atoms with Gasteiger partial charge in [-0.1, -0.05) is 26.0 Å².